The van der Waals surface area contributed by atoms with E-state index in [0.717, 1.165) is 4.90 Å². The first kappa shape index (κ1) is 16.1. The number of rotatable bonds is 6. The van der Waals surface area contributed by atoms with Gasteiger partial charge in [-0.05, 0) is 31.2 Å². The van der Waals surface area contributed by atoms with Gasteiger partial charge in [0.1, 0.15) is 5.75 Å². The zero-order valence-corrected chi connectivity index (χ0v) is 13.1. The van der Waals surface area contributed by atoms with Gasteiger partial charge in [0.2, 0.25) is 5.91 Å². The van der Waals surface area contributed by atoms with Crippen LogP contribution in [0.2, 0.25) is 0 Å². The number of para-hydroxylation sites is 1. The van der Waals surface area contributed by atoms with E-state index in [9.17, 15) is 9.90 Å². The second kappa shape index (κ2) is 8.24. The average molecular weight is 314 g/mol. The molecule has 0 unspecified atom stereocenters. The minimum absolute atomic E-state index is 0.141. The van der Waals surface area contributed by atoms with E-state index in [1.807, 2.05) is 36.4 Å². The molecule has 0 aliphatic carbocycles. The van der Waals surface area contributed by atoms with Crippen LogP contribution in [0.3, 0.4) is 0 Å². The van der Waals surface area contributed by atoms with E-state index in [-0.39, 0.29) is 11.7 Å². The lowest BCUT2D eigenvalue weighted by molar-refractivity contribution is -0.120. The molecule has 1 amide bonds. The smallest absolute Gasteiger partial charge is 0.240 e. The highest BCUT2D eigenvalue weighted by Crippen LogP contribution is 2.18. The lowest BCUT2D eigenvalue weighted by Gasteiger charge is -2.05. The predicted molar refractivity (Wildman–Crippen MR) is 90.2 cm³/mol. The molecule has 0 aliphatic heterocycles. The Morgan fingerprint density at radius 3 is 2.55 bits per heavy atom. The summed E-state index contributed by atoms with van der Waals surface area (Å²) in [4.78, 5) is 12.9. The Morgan fingerprint density at radius 1 is 1.14 bits per heavy atom. The second-order valence-electron chi connectivity index (χ2n) is 4.66. The molecule has 0 bridgehead atoms. The van der Waals surface area contributed by atoms with Gasteiger partial charge < -0.3 is 5.11 Å². The summed E-state index contributed by atoms with van der Waals surface area (Å²) in [6.07, 6.45) is 0.386. The van der Waals surface area contributed by atoms with Gasteiger partial charge in [0.15, 0.2) is 0 Å². The van der Waals surface area contributed by atoms with Crippen LogP contribution in [0.25, 0.3) is 0 Å². The number of nitrogens with one attached hydrogen (secondary N) is 1. The maximum atomic E-state index is 11.8. The van der Waals surface area contributed by atoms with Gasteiger partial charge in [-0.3, -0.25) is 4.79 Å². The summed E-state index contributed by atoms with van der Waals surface area (Å²) in [5, 5.41) is 13.7. The van der Waals surface area contributed by atoms with Gasteiger partial charge in [-0.2, -0.15) is 5.10 Å². The molecule has 0 heterocycles. The second-order valence-corrected chi connectivity index (χ2v) is 5.83. The summed E-state index contributed by atoms with van der Waals surface area (Å²) < 4.78 is 0. The summed E-state index contributed by atoms with van der Waals surface area (Å²) in [6, 6.07) is 16.8. The van der Waals surface area contributed by atoms with Crippen LogP contribution in [-0.4, -0.2) is 22.5 Å². The average Bonchev–Trinajstić information content (AvgIpc) is 2.54. The highest BCUT2D eigenvalue weighted by molar-refractivity contribution is 7.99. The molecule has 0 atom stereocenters. The number of carbonyl (C=O) groups is 1. The van der Waals surface area contributed by atoms with Crippen LogP contribution in [0.5, 0.6) is 5.75 Å². The summed E-state index contributed by atoms with van der Waals surface area (Å²) in [5.41, 5.74) is 3.70. The van der Waals surface area contributed by atoms with Crippen molar-refractivity contribution in [3.05, 3.63) is 60.2 Å². The van der Waals surface area contributed by atoms with Crippen molar-refractivity contribution in [2.24, 2.45) is 5.10 Å². The zero-order chi connectivity index (χ0) is 15.8. The molecule has 22 heavy (non-hydrogen) atoms. The fourth-order valence-electron chi connectivity index (χ4n) is 1.82. The Labute approximate surface area is 134 Å². The Balaban J connectivity index is 1.80. The number of hydrazone groups is 1. The Hall–Kier alpha value is -2.27. The van der Waals surface area contributed by atoms with Crippen molar-refractivity contribution in [3.63, 3.8) is 0 Å². The summed E-state index contributed by atoms with van der Waals surface area (Å²) in [7, 11) is 0. The Kier molecular flexibility index (Phi) is 6.03. The van der Waals surface area contributed by atoms with Gasteiger partial charge in [-0.15, -0.1) is 11.8 Å². The third kappa shape index (κ3) is 4.93. The number of aromatic hydroxyl groups is 1. The molecular weight excluding hydrogens is 296 g/mol. The number of benzene rings is 2. The van der Waals surface area contributed by atoms with Crippen LogP contribution in [0.4, 0.5) is 0 Å². The quantitative estimate of drug-likeness (QED) is 0.488. The Morgan fingerprint density at radius 2 is 1.82 bits per heavy atom. The molecule has 2 aromatic carbocycles. The van der Waals surface area contributed by atoms with E-state index < -0.39 is 0 Å². The highest BCUT2D eigenvalue weighted by atomic mass is 32.2. The predicted octanol–water partition coefficient (Wildman–Crippen LogP) is 3.41. The van der Waals surface area contributed by atoms with Crippen molar-refractivity contribution in [2.75, 3.05) is 5.75 Å². The normalized spacial score (nSPS) is 11.2. The molecule has 2 rings (SSSR count). The SMILES string of the molecule is C/C(=N\NC(=O)CCSc1ccccc1)c1ccccc1O. The van der Waals surface area contributed by atoms with Crippen molar-refractivity contribution in [2.45, 2.75) is 18.2 Å². The van der Waals surface area contributed by atoms with Crippen molar-refractivity contribution >= 4 is 23.4 Å². The third-order valence-electron chi connectivity index (χ3n) is 2.98. The van der Waals surface area contributed by atoms with Crippen LogP contribution in [0, 0.1) is 0 Å². The van der Waals surface area contributed by atoms with Gasteiger partial charge >= 0.3 is 0 Å². The van der Waals surface area contributed by atoms with E-state index in [0.29, 0.717) is 23.4 Å². The van der Waals surface area contributed by atoms with Gasteiger partial charge in [0.25, 0.3) is 0 Å². The summed E-state index contributed by atoms with van der Waals surface area (Å²) in [6.45, 7) is 1.74. The number of carbonyl (C=O) groups excluding carboxylic acids is 1. The minimum Gasteiger partial charge on any atom is -0.507 e. The highest BCUT2D eigenvalue weighted by Gasteiger charge is 2.05. The largest absolute Gasteiger partial charge is 0.507 e. The van der Waals surface area contributed by atoms with Crippen LogP contribution in [-0.2, 0) is 4.79 Å². The molecule has 0 radical (unpaired) electrons. The zero-order valence-electron chi connectivity index (χ0n) is 12.3. The number of thioether (sulfide) groups is 1. The Bertz CT molecular complexity index is 657. The first-order valence-corrected chi connectivity index (χ1v) is 7.94. The number of hydrogen-bond donors (Lipinski definition) is 2. The molecular formula is C17H18N2O2S. The fraction of sp³-hybridized carbons (Fsp3) is 0.176. The molecule has 0 fully saturated rings. The molecule has 0 aromatic heterocycles. The lowest BCUT2D eigenvalue weighted by Crippen LogP contribution is -2.19. The van der Waals surface area contributed by atoms with Gasteiger partial charge in [-0.1, -0.05) is 30.3 Å². The molecule has 4 nitrogen and oxygen atoms in total. The molecule has 0 spiro atoms. The molecule has 114 valence electrons. The standard InChI is InChI=1S/C17H18N2O2S/c1-13(15-9-5-6-10-16(15)20)18-19-17(21)11-12-22-14-7-3-2-4-8-14/h2-10,20H,11-12H2,1H3,(H,19,21)/b18-13+. The fourth-order valence-corrected chi connectivity index (χ4v) is 2.69. The molecule has 0 saturated heterocycles. The van der Waals surface area contributed by atoms with Crippen molar-refractivity contribution in [3.8, 4) is 5.75 Å². The number of amides is 1. The van der Waals surface area contributed by atoms with Crippen molar-refractivity contribution < 1.29 is 9.90 Å². The molecule has 5 heteroatoms. The van der Waals surface area contributed by atoms with E-state index >= 15 is 0 Å². The molecule has 2 aromatic rings. The van der Waals surface area contributed by atoms with Gasteiger partial charge in [-0.25, -0.2) is 5.43 Å². The summed E-state index contributed by atoms with van der Waals surface area (Å²) in [5.74, 6) is 0.705. The maximum Gasteiger partial charge on any atom is 0.240 e. The third-order valence-corrected chi connectivity index (χ3v) is 4.00. The van der Waals surface area contributed by atoms with Crippen LogP contribution < -0.4 is 5.43 Å². The van der Waals surface area contributed by atoms with Crippen molar-refractivity contribution in [1.82, 2.24) is 5.43 Å². The topological polar surface area (TPSA) is 61.7 Å². The van der Waals surface area contributed by atoms with E-state index in [1.165, 1.54) is 0 Å². The molecule has 0 aliphatic rings. The number of nitrogens with zero attached hydrogens (tertiary/aromatic N) is 1. The molecule has 0 saturated carbocycles. The van der Waals surface area contributed by atoms with Gasteiger partial charge in [0, 0.05) is 22.6 Å². The lowest BCUT2D eigenvalue weighted by atomic mass is 10.1. The number of phenols is 1. The first-order chi connectivity index (χ1) is 10.7. The monoisotopic (exact) mass is 314 g/mol. The maximum absolute atomic E-state index is 11.8. The first-order valence-electron chi connectivity index (χ1n) is 6.96. The number of phenolic OH excluding ortho intramolecular Hbond substituents is 1. The van der Waals surface area contributed by atoms with Crippen molar-refractivity contribution in [1.29, 1.82) is 0 Å². The minimum atomic E-state index is -0.141. The van der Waals surface area contributed by atoms with Gasteiger partial charge in [0.05, 0.1) is 5.71 Å². The van der Waals surface area contributed by atoms with Crippen LogP contribution in [0.15, 0.2) is 64.6 Å². The summed E-state index contributed by atoms with van der Waals surface area (Å²) >= 11 is 1.63. The van der Waals surface area contributed by atoms with Crippen LogP contribution >= 0.6 is 11.8 Å². The number of hydrogen-bond acceptors (Lipinski definition) is 4. The van der Waals surface area contributed by atoms with E-state index in [2.05, 4.69) is 10.5 Å². The molecule has 2 N–H and O–H groups in total. The van der Waals surface area contributed by atoms with Crippen LogP contribution in [0.1, 0.15) is 18.9 Å². The van der Waals surface area contributed by atoms with E-state index in [1.54, 1.807) is 36.9 Å². The van der Waals surface area contributed by atoms with E-state index in [4.69, 9.17) is 0 Å².